The molecule has 0 atom stereocenters. The van der Waals surface area contributed by atoms with Gasteiger partial charge in [0.05, 0.1) is 0 Å². The molecule has 2 aromatic rings. The summed E-state index contributed by atoms with van der Waals surface area (Å²) in [5.41, 5.74) is 5.78. The zero-order valence-electron chi connectivity index (χ0n) is 14.9. The van der Waals surface area contributed by atoms with E-state index in [-0.39, 0.29) is 0 Å². The van der Waals surface area contributed by atoms with Gasteiger partial charge >= 0.3 is 0 Å². The second-order valence-corrected chi connectivity index (χ2v) is 5.75. The molecular formula is C23H26O. The van der Waals surface area contributed by atoms with Crippen LogP contribution >= 0.6 is 0 Å². The topological polar surface area (TPSA) is 9.23 Å². The van der Waals surface area contributed by atoms with Crippen molar-refractivity contribution in [3.05, 3.63) is 90.0 Å². The molecule has 0 aromatic heterocycles. The van der Waals surface area contributed by atoms with Gasteiger partial charge in [0.1, 0.15) is 11.5 Å². The molecule has 124 valence electrons. The summed E-state index contributed by atoms with van der Waals surface area (Å²) in [6, 6.07) is 12.4. The van der Waals surface area contributed by atoms with Crippen LogP contribution < -0.4 is 4.74 Å². The molecule has 0 N–H and O–H groups in total. The fourth-order valence-electron chi connectivity index (χ4n) is 2.90. The number of aryl methyl sites for hydroxylation is 1. The second-order valence-electron chi connectivity index (χ2n) is 5.75. The number of benzene rings is 2. The minimum atomic E-state index is 0.878. The Hall–Kier alpha value is -2.54. The molecule has 0 radical (unpaired) electrons. The first-order chi connectivity index (χ1) is 11.6. The summed E-state index contributed by atoms with van der Waals surface area (Å²) in [6.45, 7) is 14.3. The second kappa shape index (κ2) is 8.35. The largest absolute Gasteiger partial charge is 0.457 e. The van der Waals surface area contributed by atoms with Crippen molar-refractivity contribution >= 4 is 5.57 Å². The highest BCUT2D eigenvalue weighted by Gasteiger charge is 2.11. The van der Waals surface area contributed by atoms with Gasteiger partial charge in [-0.05, 0) is 59.7 Å². The van der Waals surface area contributed by atoms with Crippen LogP contribution in [-0.2, 0) is 12.8 Å². The van der Waals surface area contributed by atoms with Crippen LogP contribution in [0.1, 0.15) is 36.1 Å². The third kappa shape index (κ3) is 3.86. The average molecular weight is 318 g/mol. The predicted molar refractivity (Wildman–Crippen MR) is 105 cm³/mol. The average Bonchev–Trinajstić information content (AvgIpc) is 2.61. The van der Waals surface area contributed by atoms with Gasteiger partial charge in [0.25, 0.3) is 0 Å². The van der Waals surface area contributed by atoms with Gasteiger partial charge in [0, 0.05) is 0 Å². The van der Waals surface area contributed by atoms with Gasteiger partial charge in [-0.2, -0.15) is 0 Å². The van der Waals surface area contributed by atoms with Gasteiger partial charge < -0.3 is 4.74 Å². The zero-order chi connectivity index (χ0) is 17.5. The lowest BCUT2D eigenvalue weighted by molar-refractivity contribution is 0.472. The Morgan fingerprint density at radius 2 is 1.75 bits per heavy atom. The standard InChI is InChI=1S/C23H26O/c1-6-9-12-17(4)21-14-11-15-22(18(21)5)24-23-16-10-13-19(7-2)20(23)8-3/h6,9-16H,1,4,7-8H2,2-3,5H3. The van der Waals surface area contributed by atoms with Crippen molar-refractivity contribution in [3.8, 4) is 11.5 Å². The van der Waals surface area contributed by atoms with E-state index in [0.29, 0.717) is 0 Å². The summed E-state index contributed by atoms with van der Waals surface area (Å²) in [5.74, 6) is 1.83. The summed E-state index contributed by atoms with van der Waals surface area (Å²) in [7, 11) is 0. The van der Waals surface area contributed by atoms with Gasteiger partial charge in [0.15, 0.2) is 0 Å². The molecule has 0 saturated carbocycles. The molecule has 0 aliphatic heterocycles. The smallest absolute Gasteiger partial charge is 0.130 e. The first-order valence-corrected chi connectivity index (χ1v) is 8.48. The van der Waals surface area contributed by atoms with E-state index in [1.807, 2.05) is 24.3 Å². The molecule has 0 aliphatic carbocycles. The molecule has 0 bridgehead atoms. The highest BCUT2D eigenvalue weighted by molar-refractivity contribution is 5.75. The number of ether oxygens (including phenoxy) is 1. The molecule has 0 saturated heterocycles. The monoisotopic (exact) mass is 318 g/mol. The lowest BCUT2D eigenvalue weighted by Gasteiger charge is -2.16. The van der Waals surface area contributed by atoms with E-state index in [0.717, 1.165) is 41.0 Å². The highest BCUT2D eigenvalue weighted by atomic mass is 16.5. The summed E-state index contributed by atoms with van der Waals surface area (Å²) in [4.78, 5) is 0. The third-order valence-electron chi connectivity index (χ3n) is 4.25. The number of rotatable bonds is 7. The molecule has 0 fully saturated rings. The summed E-state index contributed by atoms with van der Waals surface area (Å²) >= 11 is 0. The lowest BCUT2D eigenvalue weighted by Crippen LogP contribution is -1.98. The van der Waals surface area contributed by atoms with Crippen molar-refractivity contribution in [2.45, 2.75) is 33.6 Å². The Kier molecular flexibility index (Phi) is 6.20. The SMILES string of the molecule is C=CC=CC(=C)c1cccc(Oc2cccc(CC)c2CC)c1C. The molecule has 0 unspecified atom stereocenters. The van der Waals surface area contributed by atoms with Crippen molar-refractivity contribution in [1.29, 1.82) is 0 Å². The summed E-state index contributed by atoms with van der Waals surface area (Å²) in [6.07, 6.45) is 7.60. The van der Waals surface area contributed by atoms with E-state index in [9.17, 15) is 0 Å². The maximum absolute atomic E-state index is 6.28. The highest BCUT2D eigenvalue weighted by Crippen LogP contribution is 2.33. The fourth-order valence-corrected chi connectivity index (χ4v) is 2.90. The van der Waals surface area contributed by atoms with Crippen LogP contribution in [0.4, 0.5) is 0 Å². The van der Waals surface area contributed by atoms with E-state index >= 15 is 0 Å². The fraction of sp³-hybridized carbons (Fsp3) is 0.217. The van der Waals surface area contributed by atoms with Crippen molar-refractivity contribution < 1.29 is 4.74 Å². The van der Waals surface area contributed by atoms with E-state index in [4.69, 9.17) is 4.74 Å². The Morgan fingerprint density at radius 1 is 1.04 bits per heavy atom. The quantitative estimate of drug-likeness (QED) is 0.518. The molecule has 0 amide bonds. The number of hydrogen-bond donors (Lipinski definition) is 0. The first kappa shape index (κ1) is 17.8. The van der Waals surface area contributed by atoms with Gasteiger partial charge in [-0.1, -0.05) is 69.5 Å². The minimum absolute atomic E-state index is 0.878. The van der Waals surface area contributed by atoms with E-state index in [1.54, 1.807) is 6.08 Å². The summed E-state index contributed by atoms with van der Waals surface area (Å²) in [5, 5.41) is 0. The third-order valence-corrected chi connectivity index (χ3v) is 4.25. The van der Waals surface area contributed by atoms with Gasteiger partial charge in [0.2, 0.25) is 0 Å². The molecule has 24 heavy (non-hydrogen) atoms. The van der Waals surface area contributed by atoms with Crippen LogP contribution in [0, 0.1) is 6.92 Å². The maximum Gasteiger partial charge on any atom is 0.130 e. The van der Waals surface area contributed by atoms with E-state index < -0.39 is 0 Å². The van der Waals surface area contributed by atoms with Gasteiger partial charge in [-0.3, -0.25) is 0 Å². The Morgan fingerprint density at radius 3 is 2.42 bits per heavy atom. The van der Waals surface area contributed by atoms with Gasteiger partial charge in [-0.25, -0.2) is 0 Å². The van der Waals surface area contributed by atoms with Crippen LogP contribution in [0.15, 0.2) is 67.8 Å². The number of allylic oxidation sites excluding steroid dienone is 4. The molecular weight excluding hydrogens is 292 g/mol. The van der Waals surface area contributed by atoms with Crippen LogP contribution in [0.5, 0.6) is 11.5 Å². The first-order valence-electron chi connectivity index (χ1n) is 8.48. The molecule has 1 heteroatoms. The van der Waals surface area contributed by atoms with Crippen LogP contribution in [0.25, 0.3) is 5.57 Å². The van der Waals surface area contributed by atoms with E-state index in [2.05, 4.69) is 58.2 Å². The van der Waals surface area contributed by atoms with Crippen molar-refractivity contribution in [1.82, 2.24) is 0 Å². The van der Waals surface area contributed by atoms with Crippen molar-refractivity contribution in [2.75, 3.05) is 0 Å². The normalized spacial score (nSPS) is 10.8. The van der Waals surface area contributed by atoms with E-state index in [1.165, 1.54) is 11.1 Å². The Balaban J connectivity index is 2.40. The van der Waals surface area contributed by atoms with Crippen LogP contribution in [-0.4, -0.2) is 0 Å². The number of hydrogen-bond acceptors (Lipinski definition) is 1. The lowest BCUT2D eigenvalue weighted by atomic mass is 10.00. The Labute approximate surface area is 146 Å². The predicted octanol–water partition coefficient (Wildman–Crippen LogP) is 6.67. The molecule has 0 spiro atoms. The van der Waals surface area contributed by atoms with Crippen molar-refractivity contribution in [3.63, 3.8) is 0 Å². The summed E-state index contributed by atoms with van der Waals surface area (Å²) < 4.78 is 6.28. The molecule has 2 aromatic carbocycles. The van der Waals surface area contributed by atoms with Crippen molar-refractivity contribution in [2.24, 2.45) is 0 Å². The Bertz CT molecular complexity index is 766. The van der Waals surface area contributed by atoms with Gasteiger partial charge in [-0.15, -0.1) is 0 Å². The zero-order valence-corrected chi connectivity index (χ0v) is 14.9. The molecule has 0 heterocycles. The van der Waals surface area contributed by atoms with Crippen LogP contribution in [0.2, 0.25) is 0 Å². The molecule has 0 aliphatic rings. The molecule has 2 rings (SSSR count). The van der Waals surface area contributed by atoms with Crippen LogP contribution in [0.3, 0.4) is 0 Å². The molecule has 1 nitrogen and oxygen atoms in total. The minimum Gasteiger partial charge on any atom is -0.457 e. The maximum atomic E-state index is 6.28.